The molecule has 0 saturated heterocycles. The highest BCUT2D eigenvalue weighted by atomic mass is 16.4. The van der Waals surface area contributed by atoms with Crippen molar-refractivity contribution in [2.75, 3.05) is 0 Å². The minimum absolute atomic E-state index is 0.181. The summed E-state index contributed by atoms with van der Waals surface area (Å²) in [6.45, 7) is 0.621. The quantitative estimate of drug-likeness (QED) is 0.897. The van der Waals surface area contributed by atoms with Gasteiger partial charge in [-0.1, -0.05) is 0 Å². The predicted molar refractivity (Wildman–Crippen MR) is 74.5 cm³/mol. The van der Waals surface area contributed by atoms with Gasteiger partial charge in [0.05, 0.1) is 0 Å². The summed E-state index contributed by atoms with van der Waals surface area (Å²) in [6, 6.07) is 0. The first-order valence-electron chi connectivity index (χ1n) is 8.13. The summed E-state index contributed by atoms with van der Waals surface area (Å²) in [6.07, 6.45) is 8.69. The van der Waals surface area contributed by atoms with E-state index in [1.165, 1.54) is 38.5 Å². The summed E-state index contributed by atoms with van der Waals surface area (Å²) in [5.41, 5.74) is 0.182. The molecular formula is C15H22N4O2. The van der Waals surface area contributed by atoms with Crippen LogP contribution in [0.1, 0.15) is 57.2 Å². The Kier molecular flexibility index (Phi) is 3.01. The molecular weight excluding hydrogens is 268 g/mol. The fourth-order valence-electron chi connectivity index (χ4n) is 5.50. The van der Waals surface area contributed by atoms with Gasteiger partial charge in [-0.2, -0.15) is 0 Å². The second kappa shape index (κ2) is 4.78. The molecule has 21 heavy (non-hydrogen) atoms. The third kappa shape index (κ3) is 2.24. The largest absolute Gasteiger partial charge is 0.481 e. The van der Waals surface area contributed by atoms with E-state index in [0.29, 0.717) is 13.0 Å². The summed E-state index contributed by atoms with van der Waals surface area (Å²) < 4.78 is 1.88. The van der Waals surface area contributed by atoms with Gasteiger partial charge < -0.3 is 5.11 Å². The van der Waals surface area contributed by atoms with E-state index in [0.717, 1.165) is 23.6 Å². The average molecular weight is 290 g/mol. The SMILES string of the molecule is O=C(O)CCCn1nnnc1C12CC3CC(CC(C3)C1)C2. The molecule has 114 valence electrons. The zero-order valence-electron chi connectivity index (χ0n) is 12.2. The fourth-order valence-corrected chi connectivity index (χ4v) is 5.50. The Balaban J connectivity index is 1.56. The first-order valence-corrected chi connectivity index (χ1v) is 8.13. The Labute approximate surface area is 123 Å². The lowest BCUT2D eigenvalue weighted by Crippen LogP contribution is -2.49. The summed E-state index contributed by atoms with van der Waals surface area (Å²) in [4.78, 5) is 10.7. The molecule has 4 aliphatic carbocycles. The van der Waals surface area contributed by atoms with Gasteiger partial charge >= 0.3 is 5.97 Å². The van der Waals surface area contributed by atoms with Crippen molar-refractivity contribution in [3.05, 3.63) is 5.82 Å². The van der Waals surface area contributed by atoms with Crippen molar-refractivity contribution in [1.82, 2.24) is 20.2 Å². The normalized spacial score (nSPS) is 37.0. The number of aliphatic carboxylic acids is 1. The lowest BCUT2D eigenvalue weighted by Gasteiger charge is -2.55. The molecule has 4 fully saturated rings. The highest BCUT2D eigenvalue weighted by Crippen LogP contribution is 2.60. The lowest BCUT2D eigenvalue weighted by molar-refractivity contribution is -0.137. The molecule has 1 aromatic rings. The summed E-state index contributed by atoms with van der Waals surface area (Å²) in [5.74, 6) is 2.87. The van der Waals surface area contributed by atoms with Gasteiger partial charge in [-0.3, -0.25) is 4.79 Å². The van der Waals surface area contributed by atoms with Crippen LogP contribution < -0.4 is 0 Å². The molecule has 0 spiro atoms. The number of rotatable bonds is 5. The van der Waals surface area contributed by atoms with Crippen molar-refractivity contribution in [3.8, 4) is 0 Å². The van der Waals surface area contributed by atoms with Gasteiger partial charge in [-0.15, -0.1) is 5.10 Å². The van der Waals surface area contributed by atoms with Crippen molar-refractivity contribution < 1.29 is 9.90 Å². The number of aryl methyl sites for hydroxylation is 1. The zero-order chi connectivity index (χ0) is 14.4. The average Bonchev–Trinajstić information content (AvgIpc) is 2.85. The minimum Gasteiger partial charge on any atom is -0.481 e. The maximum atomic E-state index is 10.7. The number of nitrogens with zero attached hydrogens (tertiary/aromatic N) is 4. The number of tetrazole rings is 1. The molecule has 0 aromatic carbocycles. The smallest absolute Gasteiger partial charge is 0.303 e. The van der Waals surface area contributed by atoms with Crippen LogP contribution in [0, 0.1) is 17.8 Å². The Hall–Kier alpha value is -1.46. The van der Waals surface area contributed by atoms with E-state index in [9.17, 15) is 4.79 Å². The molecule has 0 aliphatic heterocycles. The van der Waals surface area contributed by atoms with Gasteiger partial charge in [-0.05, 0) is 73.1 Å². The van der Waals surface area contributed by atoms with Crippen LogP contribution in [0.3, 0.4) is 0 Å². The Morgan fingerprint density at radius 1 is 1.19 bits per heavy atom. The molecule has 0 unspecified atom stereocenters. The van der Waals surface area contributed by atoms with Gasteiger partial charge in [0.2, 0.25) is 0 Å². The van der Waals surface area contributed by atoms with Gasteiger partial charge in [0.25, 0.3) is 0 Å². The number of carbonyl (C=O) groups is 1. The van der Waals surface area contributed by atoms with Gasteiger partial charge in [0.1, 0.15) is 0 Å². The van der Waals surface area contributed by atoms with E-state index in [1.807, 2.05) is 4.68 Å². The number of carboxylic acid groups (broad SMARTS) is 1. The van der Waals surface area contributed by atoms with Crippen LogP contribution in [0.2, 0.25) is 0 Å². The molecule has 0 amide bonds. The van der Waals surface area contributed by atoms with Gasteiger partial charge in [-0.25, -0.2) is 4.68 Å². The maximum absolute atomic E-state index is 10.7. The molecule has 1 N–H and O–H groups in total. The van der Waals surface area contributed by atoms with E-state index in [-0.39, 0.29) is 11.8 Å². The minimum atomic E-state index is -0.751. The number of aromatic nitrogens is 4. The molecule has 0 radical (unpaired) electrons. The third-order valence-corrected chi connectivity index (χ3v) is 5.81. The molecule has 5 rings (SSSR count). The second-order valence-electron chi connectivity index (χ2n) is 7.42. The van der Waals surface area contributed by atoms with E-state index in [1.54, 1.807) is 0 Å². The molecule has 4 aliphatic rings. The highest BCUT2D eigenvalue weighted by molar-refractivity contribution is 5.66. The molecule has 0 atom stereocenters. The number of hydrogen-bond acceptors (Lipinski definition) is 4. The van der Waals surface area contributed by atoms with Crippen LogP contribution in [-0.2, 0) is 16.8 Å². The van der Waals surface area contributed by atoms with Crippen LogP contribution in [0.15, 0.2) is 0 Å². The Bertz CT molecular complexity index is 518. The molecule has 1 heterocycles. The first-order chi connectivity index (χ1) is 10.1. The van der Waals surface area contributed by atoms with Crippen molar-refractivity contribution in [2.24, 2.45) is 17.8 Å². The molecule has 4 bridgehead atoms. The van der Waals surface area contributed by atoms with E-state index in [2.05, 4.69) is 15.5 Å². The van der Waals surface area contributed by atoms with Crippen molar-refractivity contribution >= 4 is 5.97 Å². The van der Waals surface area contributed by atoms with Crippen LogP contribution in [0.25, 0.3) is 0 Å². The summed E-state index contributed by atoms with van der Waals surface area (Å²) in [5, 5.41) is 21.2. The van der Waals surface area contributed by atoms with E-state index in [4.69, 9.17) is 5.11 Å². The van der Waals surface area contributed by atoms with Crippen LogP contribution in [0.4, 0.5) is 0 Å². The Morgan fingerprint density at radius 2 is 1.81 bits per heavy atom. The number of carboxylic acids is 1. The predicted octanol–water partition coefficient (Wildman–Crippen LogP) is 2.01. The number of hydrogen-bond donors (Lipinski definition) is 1. The van der Waals surface area contributed by atoms with E-state index < -0.39 is 5.97 Å². The molecule has 6 nitrogen and oxygen atoms in total. The van der Waals surface area contributed by atoms with Crippen LogP contribution in [0.5, 0.6) is 0 Å². The monoisotopic (exact) mass is 290 g/mol. The van der Waals surface area contributed by atoms with E-state index >= 15 is 0 Å². The Morgan fingerprint density at radius 3 is 2.38 bits per heavy atom. The zero-order valence-corrected chi connectivity index (χ0v) is 12.2. The van der Waals surface area contributed by atoms with Crippen molar-refractivity contribution in [2.45, 2.75) is 63.3 Å². The lowest BCUT2D eigenvalue weighted by atomic mass is 9.49. The molecule has 6 heteroatoms. The topological polar surface area (TPSA) is 80.9 Å². The molecule has 1 aromatic heterocycles. The summed E-state index contributed by atoms with van der Waals surface area (Å²) in [7, 11) is 0. The van der Waals surface area contributed by atoms with Crippen LogP contribution in [-0.4, -0.2) is 31.3 Å². The fraction of sp³-hybridized carbons (Fsp3) is 0.867. The van der Waals surface area contributed by atoms with Crippen LogP contribution >= 0.6 is 0 Å². The van der Waals surface area contributed by atoms with Crippen molar-refractivity contribution in [1.29, 1.82) is 0 Å². The van der Waals surface area contributed by atoms with Gasteiger partial charge in [0, 0.05) is 18.4 Å². The first kappa shape index (κ1) is 13.2. The van der Waals surface area contributed by atoms with Gasteiger partial charge in [0.15, 0.2) is 5.82 Å². The standard InChI is InChI=1S/C15H22N4O2/c20-13(21)2-1-3-19-14(16-17-18-19)15-7-10-4-11(8-15)6-12(5-10)9-15/h10-12H,1-9H2,(H,20,21). The van der Waals surface area contributed by atoms with Crippen molar-refractivity contribution in [3.63, 3.8) is 0 Å². The maximum Gasteiger partial charge on any atom is 0.303 e. The highest BCUT2D eigenvalue weighted by Gasteiger charge is 2.53. The molecule has 4 saturated carbocycles. The second-order valence-corrected chi connectivity index (χ2v) is 7.42. The third-order valence-electron chi connectivity index (χ3n) is 5.81. The summed E-state index contributed by atoms with van der Waals surface area (Å²) >= 11 is 0.